The second kappa shape index (κ2) is 10.8. The first-order valence-electron chi connectivity index (χ1n) is 7.77. The summed E-state index contributed by atoms with van der Waals surface area (Å²) in [5.74, 6) is 0.609. The molecule has 1 aliphatic heterocycles. The van der Waals surface area contributed by atoms with Crippen LogP contribution < -0.4 is 5.32 Å². The molecule has 0 spiro atoms. The van der Waals surface area contributed by atoms with Crippen LogP contribution in [0.15, 0.2) is 24.3 Å². The van der Waals surface area contributed by atoms with Gasteiger partial charge in [-0.25, -0.2) is 0 Å². The van der Waals surface area contributed by atoms with E-state index in [0.717, 1.165) is 44.6 Å². The Morgan fingerprint density at radius 1 is 1.17 bits per heavy atom. The van der Waals surface area contributed by atoms with Gasteiger partial charge >= 0.3 is 0 Å². The summed E-state index contributed by atoms with van der Waals surface area (Å²) >= 11 is 0. The predicted molar refractivity (Wildman–Crippen MR) is 98.8 cm³/mol. The average Bonchev–Trinajstić information content (AvgIpc) is 2.48. The van der Waals surface area contributed by atoms with Crippen LogP contribution in [0.3, 0.4) is 0 Å². The normalized spacial score (nSPS) is 16.3. The number of piperazine rings is 1. The summed E-state index contributed by atoms with van der Waals surface area (Å²) in [6.07, 6.45) is 2.06. The molecule has 1 saturated heterocycles. The van der Waals surface area contributed by atoms with E-state index in [9.17, 15) is 10.1 Å². The Balaban J connectivity index is 0.00000242. The fraction of sp³-hybridized carbons (Fsp3) is 0.625. The van der Waals surface area contributed by atoms with Crippen molar-refractivity contribution in [2.45, 2.75) is 32.7 Å². The molecule has 2 rings (SSSR count). The topological polar surface area (TPSA) is 58.4 Å². The maximum Gasteiger partial charge on any atom is 0.274 e. The molecule has 1 fully saturated rings. The molecule has 0 unspecified atom stereocenters. The smallest absolute Gasteiger partial charge is 0.274 e. The van der Waals surface area contributed by atoms with Crippen molar-refractivity contribution in [3.05, 3.63) is 39.9 Å². The minimum Gasteiger partial charge on any atom is -0.314 e. The third kappa shape index (κ3) is 6.26. The Morgan fingerprint density at radius 2 is 1.78 bits per heavy atom. The van der Waals surface area contributed by atoms with E-state index >= 15 is 0 Å². The molecule has 1 aromatic carbocycles. The first kappa shape index (κ1) is 22.1. The van der Waals surface area contributed by atoms with Gasteiger partial charge in [0.15, 0.2) is 0 Å². The molecule has 132 valence electrons. The molecule has 1 aliphatic rings. The molecule has 1 aromatic rings. The molecule has 0 bridgehead atoms. The molecule has 0 saturated carbocycles. The minimum absolute atomic E-state index is 0. The van der Waals surface area contributed by atoms with E-state index in [1.54, 1.807) is 12.1 Å². The van der Waals surface area contributed by atoms with Crippen LogP contribution in [0.25, 0.3) is 0 Å². The molecule has 0 amide bonds. The highest BCUT2D eigenvalue weighted by Crippen LogP contribution is 2.33. The Kier molecular flexibility index (Phi) is 10.4. The van der Waals surface area contributed by atoms with Gasteiger partial charge in [-0.2, -0.15) is 0 Å². The number of para-hydroxylation sites is 1. The highest BCUT2D eigenvalue weighted by atomic mass is 35.5. The Bertz CT molecular complexity index is 480. The maximum absolute atomic E-state index is 11.3. The van der Waals surface area contributed by atoms with E-state index < -0.39 is 0 Å². The number of halogens is 2. The number of nitro benzene ring substituents is 1. The van der Waals surface area contributed by atoms with Gasteiger partial charge in [-0.05, 0) is 18.8 Å². The summed E-state index contributed by atoms with van der Waals surface area (Å²) < 4.78 is 0. The number of hydrogen-bond acceptors (Lipinski definition) is 4. The summed E-state index contributed by atoms with van der Waals surface area (Å²) in [5, 5.41) is 14.7. The first-order valence-corrected chi connectivity index (χ1v) is 7.77. The Hall–Kier alpha value is -0.880. The molecule has 5 nitrogen and oxygen atoms in total. The zero-order valence-electron chi connectivity index (χ0n) is 13.7. The van der Waals surface area contributed by atoms with Gasteiger partial charge < -0.3 is 5.32 Å². The second-order valence-corrected chi connectivity index (χ2v) is 6.09. The van der Waals surface area contributed by atoms with Gasteiger partial charge in [0, 0.05) is 43.9 Å². The Labute approximate surface area is 150 Å². The lowest BCUT2D eigenvalue weighted by Crippen LogP contribution is -2.45. The van der Waals surface area contributed by atoms with Crippen LogP contribution in [-0.4, -0.2) is 36.0 Å². The van der Waals surface area contributed by atoms with Crippen molar-refractivity contribution in [1.29, 1.82) is 0 Å². The van der Waals surface area contributed by atoms with Gasteiger partial charge in [-0.3, -0.25) is 15.0 Å². The van der Waals surface area contributed by atoms with Gasteiger partial charge in [0.05, 0.1) is 4.92 Å². The van der Waals surface area contributed by atoms with E-state index in [-0.39, 0.29) is 41.5 Å². The van der Waals surface area contributed by atoms with Crippen molar-refractivity contribution in [1.82, 2.24) is 10.2 Å². The quantitative estimate of drug-likeness (QED) is 0.616. The third-order valence-corrected chi connectivity index (χ3v) is 4.10. The first-order chi connectivity index (χ1) is 10.1. The molecule has 0 aliphatic carbocycles. The molecule has 7 heteroatoms. The summed E-state index contributed by atoms with van der Waals surface area (Å²) in [7, 11) is 0. The van der Waals surface area contributed by atoms with Crippen LogP contribution in [0.5, 0.6) is 0 Å². The lowest BCUT2D eigenvalue weighted by molar-refractivity contribution is -0.386. The minimum atomic E-state index is -0.250. The largest absolute Gasteiger partial charge is 0.314 e. The van der Waals surface area contributed by atoms with Gasteiger partial charge in [0.1, 0.15) is 0 Å². The van der Waals surface area contributed by atoms with Crippen molar-refractivity contribution in [3.8, 4) is 0 Å². The molecule has 23 heavy (non-hydrogen) atoms. The summed E-state index contributed by atoms with van der Waals surface area (Å²) in [5.41, 5.74) is 1.12. The zero-order valence-corrected chi connectivity index (χ0v) is 15.4. The number of nitrogens with zero attached hydrogens (tertiary/aromatic N) is 2. The van der Waals surface area contributed by atoms with E-state index in [4.69, 9.17) is 0 Å². The van der Waals surface area contributed by atoms with Crippen molar-refractivity contribution in [2.75, 3.05) is 26.2 Å². The van der Waals surface area contributed by atoms with Crippen LogP contribution in [0.1, 0.15) is 38.3 Å². The van der Waals surface area contributed by atoms with E-state index in [1.807, 2.05) is 12.1 Å². The van der Waals surface area contributed by atoms with Gasteiger partial charge in [-0.15, -0.1) is 24.8 Å². The standard InChI is InChI=1S/C16H25N3O2.2ClH/c1-13(2)7-8-15(18-11-9-17-10-12-18)14-5-3-4-6-16(14)19(20)21;;/h3-6,13,15,17H,7-12H2,1-2H3;2*1H/t15-;;/m1../s1. The summed E-state index contributed by atoms with van der Waals surface area (Å²) in [4.78, 5) is 13.5. The lowest BCUT2D eigenvalue weighted by Gasteiger charge is -2.35. The molecule has 0 aromatic heterocycles. The predicted octanol–water partition coefficient (Wildman–Crippen LogP) is 3.82. The highest BCUT2D eigenvalue weighted by Gasteiger charge is 2.27. The Morgan fingerprint density at radius 3 is 2.35 bits per heavy atom. The highest BCUT2D eigenvalue weighted by molar-refractivity contribution is 5.85. The number of rotatable bonds is 6. The van der Waals surface area contributed by atoms with Crippen molar-refractivity contribution >= 4 is 30.5 Å². The van der Waals surface area contributed by atoms with Crippen molar-refractivity contribution < 1.29 is 4.92 Å². The average molecular weight is 364 g/mol. The summed E-state index contributed by atoms with van der Waals surface area (Å²) in [6.45, 7) is 8.23. The van der Waals surface area contributed by atoms with E-state index in [1.165, 1.54) is 0 Å². The molecule has 1 heterocycles. The SMILES string of the molecule is CC(C)CC[C@H](c1ccccc1[N+](=O)[O-])N1CCNCC1.Cl.Cl. The summed E-state index contributed by atoms with van der Waals surface area (Å²) in [6, 6.07) is 7.35. The van der Waals surface area contributed by atoms with E-state index in [2.05, 4.69) is 24.1 Å². The number of nitro groups is 1. The van der Waals surface area contributed by atoms with Gasteiger partial charge in [-0.1, -0.05) is 32.0 Å². The van der Waals surface area contributed by atoms with Crippen LogP contribution in [0.2, 0.25) is 0 Å². The number of benzene rings is 1. The molecule has 0 radical (unpaired) electrons. The fourth-order valence-corrected chi connectivity index (χ4v) is 2.96. The second-order valence-electron chi connectivity index (χ2n) is 6.09. The van der Waals surface area contributed by atoms with Crippen LogP contribution in [0, 0.1) is 16.0 Å². The number of hydrogen-bond donors (Lipinski definition) is 1. The molecular formula is C16H27Cl2N3O2. The molecule has 1 atom stereocenters. The monoisotopic (exact) mass is 363 g/mol. The maximum atomic E-state index is 11.3. The fourth-order valence-electron chi connectivity index (χ4n) is 2.96. The molecular weight excluding hydrogens is 337 g/mol. The van der Waals surface area contributed by atoms with Crippen LogP contribution >= 0.6 is 24.8 Å². The van der Waals surface area contributed by atoms with Crippen molar-refractivity contribution in [3.63, 3.8) is 0 Å². The van der Waals surface area contributed by atoms with Crippen molar-refractivity contribution in [2.24, 2.45) is 5.92 Å². The van der Waals surface area contributed by atoms with Crippen LogP contribution in [-0.2, 0) is 0 Å². The lowest BCUT2D eigenvalue weighted by atomic mass is 9.94. The van der Waals surface area contributed by atoms with Crippen LogP contribution in [0.4, 0.5) is 5.69 Å². The number of nitrogens with one attached hydrogen (secondary N) is 1. The van der Waals surface area contributed by atoms with Gasteiger partial charge in [0.25, 0.3) is 5.69 Å². The molecule has 1 N–H and O–H groups in total. The van der Waals surface area contributed by atoms with Gasteiger partial charge in [0.2, 0.25) is 0 Å². The van der Waals surface area contributed by atoms with E-state index in [0.29, 0.717) is 5.92 Å². The zero-order chi connectivity index (χ0) is 15.2. The third-order valence-electron chi connectivity index (χ3n) is 4.10.